The Kier molecular flexibility index (Phi) is 6.44. The second-order valence-electron chi connectivity index (χ2n) is 5.19. The first kappa shape index (κ1) is 17.5. The number of nitrogens with one attached hydrogen (secondary N) is 2. The highest BCUT2D eigenvalue weighted by Gasteiger charge is 2.57. The van der Waals surface area contributed by atoms with Crippen LogP contribution < -0.4 is 10.6 Å². The first-order valence-corrected chi connectivity index (χ1v) is 5.87. The van der Waals surface area contributed by atoms with Gasteiger partial charge in [-0.1, -0.05) is 19.8 Å². The Morgan fingerprint density at radius 3 is 2.50 bits per heavy atom. The van der Waals surface area contributed by atoms with Crippen molar-refractivity contribution < 1.29 is 4.74 Å². The van der Waals surface area contributed by atoms with Crippen LogP contribution in [0.3, 0.4) is 0 Å². The molecule has 0 amide bonds. The molecule has 0 aromatic carbocycles. The topological polar surface area (TPSA) is 45.7 Å². The highest BCUT2D eigenvalue weighted by atomic mass is 127. The molecule has 5 heteroatoms. The van der Waals surface area contributed by atoms with E-state index < -0.39 is 0 Å². The average Bonchev–Trinajstić information content (AvgIpc) is 2.32. The summed E-state index contributed by atoms with van der Waals surface area (Å²) in [4.78, 5) is 4.14. The Hall–Kier alpha value is -0.480. The smallest absolute Gasteiger partial charge is 0.191 e. The number of nitrogens with zero attached hydrogens (tertiary/aromatic N) is 1. The molecule has 1 rings (SSSR count). The van der Waals surface area contributed by atoms with Gasteiger partial charge in [0.05, 0.1) is 12.1 Å². The van der Waals surface area contributed by atoms with E-state index in [0.717, 1.165) is 12.4 Å². The van der Waals surface area contributed by atoms with Crippen LogP contribution in [0.2, 0.25) is 0 Å². The SMILES string of the molecule is C#CCNC(=NC)NC1CC(C)(OC)C1(C)C.I. The van der Waals surface area contributed by atoms with Crippen molar-refractivity contribution in [3.05, 3.63) is 0 Å². The van der Waals surface area contributed by atoms with E-state index in [4.69, 9.17) is 11.2 Å². The summed E-state index contributed by atoms with van der Waals surface area (Å²) in [6, 6.07) is 0.344. The van der Waals surface area contributed by atoms with E-state index in [0.29, 0.717) is 12.6 Å². The maximum atomic E-state index is 5.58. The van der Waals surface area contributed by atoms with Gasteiger partial charge in [0.25, 0.3) is 0 Å². The first-order chi connectivity index (χ1) is 7.91. The summed E-state index contributed by atoms with van der Waals surface area (Å²) in [5.74, 6) is 3.28. The molecular formula is C13H24IN3O. The molecule has 2 atom stereocenters. The number of hydrogen-bond donors (Lipinski definition) is 2. The molecule has 4 nitrogen and oxygen atoms in total. The van der Waals surface area contributed by atoms with Crippen molar-refractivity contribution in [1.29, 1.82) is 0 Å². The van der Waals surface area contributed by atoms with Crippen LogP contribution in [0, 0.1) is 17.8 Å². The molecule has 0 heterocycles. The van der Waals surface area contributed by atoms with Crippen LogP contribution in [-0.4, -0.2) is 38.3 Å². The summed E-state index contributed by atoms with van der Waals surface area (Å²) >= 11 is 0. The number of hydrogen-bond acceptors (Lipinski definition) is 2. The van der Waals surface area contributed by atoms with Crippen LogP contribution in [0.1, 0.15) is 27.2 Å². The minimum absolute atomic E-state index is 0. The fraction of sp³-hybridized carbons (Fsp3) is 0.769. The molecule has 0 aromatic rings. The molecule has 1 saturated carbocycles. The average molecular weight is 365 g/mol. The molecule has 0 bridgehead atoms. The van der Waals surface area contributed by atoms with Crippen LogP contribution >= 0.6 is 24.0 Å². The first-order valence-electron chi connectivity index (χ1n) is 5.87. The van der Waals surface area contributed by atoms with Gasteiger partial charge in [0.15, 0.2) is 5.96 Å². The van der Waals surface area contributed by atoms with Crippen molar-refractivity contribution in [2.75, 3.05) is 20.7 Å². The van der Waals surface area contributed by atoms with E-state index in [1.54, 1.807) is 14.2 Å². The van der Waals surface area contributed by atoms with Gasteiger partial charge in [-0.15, -0.1) is 30.4 Å². The van der Waals surface area contributed by atoms with Gasteiger partial charge in [-0.05, 0) is 13.3 Å². The van der Waals surface area contributed by atoms with Crippen molar-refractivity contribution >= 4 is 29.9 Å². The number of terminal acetylenes is 1. The summed E-state index contributed by atoms with van der Waals surface area (Å²) in [5.41, 5.74) is -0.00878. The molecule has 0 aromatic heterocycles. The normalized spacial score (nSPS) is 29.6. The van der Waals surface area contributed by atoms with E-state index in [-0.39, 0.29) is 35.0 Å². The van der Waals surface area contributed by atoms with Crippen molar-refractivity contribution in [1.82, 2.24) is 10.6 Å². The zero-order valence-corrected chi connectivity index (χ0v) is 14.2. The molecule has 1 aliphatic rings. The van der Waals surface area contributed by atoms with Crippen LogP contribution in [0.4, 0.5) is 0 Å². The van der Waals surface area contributed by atoms with E-state index in [1.807, 2.05) is 0 Å². The quantitative estimate of drug-likeness (QED) is 0.346. The van der Waals surface area contributed by atoms with Crippen molar-refractivity contribution in [2.24, 2.45) is 10.4 Å². The maximum Gasteiger partial charge on any atom is 0.191 e. The highest BCUT2D eigenvalue weighted by molar-refractivity contribution is 14.0. The second-order valence-corrected chi connectivity index (χ2v) is 5.19. The van der Waals surface area contributed by atoms with Crippen molar-refractivity contribution in [3.63, 3.8) is 0 Å². The molecule has 1 aliphatic carbocycles. The maximum absolute atomic E-state index is 5.58. The summed E-state index contributed by atoms with van der Waals surface area (Å²) in [7, 11) is 3.51. The summed E-state index contributed by atoms with van der Waals surface area (Å²) < 4.78 is 5.58. The third-order valence-corrected chi connectivity index (χ3v) is 4.17. The lowest BCUT2D eigenvalue weighted by Crippen LogP contribution is -2.69. The van der Waals surface area contributed by atoms with Gasteiger partial charge in [0.1, 0.15) is 0 Å². The number of guanidine groups is 1. The van der Waals surface area contributed by atoms with Gasteiger partial charge in [0, 0.05) is 25.6 Å². The van der Waals surface area contributed by atoms with Gasteiger partial charge >= 0.3 is 0 Å². The molecule has 18 heavy (non-hydrogen) atoms. The minimum Gasteiger partial charge on any atom is -0.378 e. The van der Waals surface area contributed by atoms with Crippen LogP contribution in [0.25, 0.3) is 0 Å². The third-order valence-electron chi connectivity index (χ3n) is 4.17. The Bertz CT molecular complexity index is 349. The molecule has 0 spiro atoms. The summed E-state index contributed by atoms with van der Waals surface area (Å²) in [5, 5.41) is 6.44. The van der Waals surface area contributed by atoms with E-state index >= 15 is 0 Å². The number of methoxy groups -OCH3 is 1. The van der Waals surface area contributed by atoms with Crippen LogP contribution in [0.15, 0.2) is 4.99 Å². The van der Waals surface area contributed by atoms with Crippen LogP contribution in [-0.2, 0) is 4.74 Å². The zero-order chi connectivity index (χ0) is 13.1. The summed E-state index contributed by atoms with van der Waals surface area (Å²) in [6.07, 6.45) is 6.18. The van der Waals surface area contributed by atoms with E-state index in [9.17, 15) is 0 Å². The van der Waals surface area contributed by atoms with E-state index in [1.165, 1.54) is 0 Å². The minimum atomic E-state index is -0.0738. The van der Waals surface area contributed by atoms with Gasteiger partial charge in [-0.2, -0.15) is 0 Å². The number of aliphatic imine (C=N–C) groups is 1. The number of ether oxygens (including phenoxy) is 1. The molecular weight excluding hydrogens is 341 g/mol. The van der Waals surface area contributed by atoms with E-state index in [2.05, 4.69) is 42.3 Å². The van der Waals surface area contributed by atoms with Gasteiger partial charge in [0.2, 0.25) is 0 Å². The largest absolute Gasteiger partial charge is 0.378 e. The molecule has 104 valence electrons. The zero-order valence-electron chi connectivity index (χ0n) is 11.8. The van der Waals surface area contributed by atoms with Crippen molar-refractivity contribution in [3.8, 4) is 12.3 Å². The molecule has 1 fully saturated rings. The Morgan fingerprint density at radius 1 is 1.50 bits per heavy atom. The molecule has 2 unspecified atom stereocenters. The van der Waals surface area contributed by atoms with Gasteiger partial charge in [-0.3, -0.25) is 4.99 Å². The second kappa shape index (κ2) is 6.62. The lowest BCUT2D eigenvalue weighted by molar-refractivity contribution is -0.176. The number of halogens is 1. The predicted molar refractivity (Wildman–Crippen MR) is 86.3 cm³/mol. The third kappa shape index (κ3) is 3.09. The number of rotatable bonds is 3. The lowest BCUT2D eigenvalue weighted by atomic mass is 9.56. The highest BCUT2D eigenvalue weighted by Crippen LogP contribution is 2.51. The lowest BCUT2D eigenvalue weighted by Gasteiger charge is -2.59. The van der Waals surface area contributed by atoms with Gasteiger partial charge < -0.3 is 15.4 Å². The predicted octanol–water partition coefficient (Wildman–Crippen LogP) is 1.61. The monoisotopic (exact) mass is 365 g/mol. The Morgan fingerprint density at radius 2 is 2.11 bits per heavy atom. The van der Waals surface area contributed by atoms with Crippen LogP contribution in [0.5, 0.6) is 0 Å². The Balaban J connectivity index is 0.00000289. The standard InChI is InChI=1S/C13H23N3O.HI/c1-7-8-15-11(14-5)16-10-9-13(4,17-6)12(10,2)3;/h1,10H,8-9H2,2-6H3,(H2,14,15,16);1H. The molecule has 0 aliphatic heterocycles. The summed E-state index contributed by atoms with van der Waals surface area (Å²) in [6.45, 7) is 7.02. The molecule has 0 radical (unpaired) electrons. The van der Waals surface area contributed by atoms with Gasteiger partial charge in [-0.25, -0.2) is 0 Å². The Labute approximate surface area is 127 Å². The fourth-order valence-electron chi connectivity index (χ4n) is 2.22. The molecule has 0 saturated heterocycles. The molecule has 2 N–H and O–H groups in total. The fourth-order valence-corrected chi connectivity index (χ4v) is 2.22. The van der Waals surface area contributed by atoms with Crippen molar-refractivity contribution in [2.45, 2.75) is 38.8 Å².